The van der Waals surface area contributed by atoms with Gasteiger partial charge in [0.1, 0.15) is 16.3 Å². The summed E-state index contributed by atoms with van der Waals surface area (Å²) in [6, 6.07) is 13.7. The maximum absolute atomic E-state index is 12.8. The lowest BCUT2D eigenvalue weighted by molar-refractivity contribution is -0.432. The number of nitrogens with one attached hydrogen (secondary N) is 1. The Morgan fingerprint density at radius 3 is 2.28 bits per heavy atom. The van der Waals surface area contributed by atoms with E-state index < -0.39 is 52.6 Å². The predicted molar refractivity (Wildman–Crippen MR) is 219 cm³/mol. The van der Waals surface area contributed by atoms with Crippen LogP contribution in [-0.2, 0) is 53.7 Å². The van der Waals surface area contributed by atoms with E-state index in [2.05, 4.69) is 49.6 Å². The Morgan fingerprint density at radius 2 is 1.61 bits per heavy atom. The molecule has 9 N–H and O–H groups in total. The fourth-order valence-electron chi connectivity index (χ4n) is 4.88. The topological polar surface area (TPSA) is 366 Å². The van der Waals surface area contributed by atoms with Crippen molar-refractivity contribution in [3.05, 3.63) is 66.2 Å². The first-order chi connectivity index (χ1) is 28.4. The second-order valence-electron chi connectivity index (χ2n) is 11.6. The molecule has 61 heavy (non-hydrogen) atoms. The first-order valence-electron chi connectivity index (χ1n) is 16.8. The number of rotatable bonds is 21. The number of benzene rings is 4. The van der Waals surface area contributed by atoms with E-state index in [1.165, 1.54) is 42.5 Å². The number of azo groups is 2. The van der Waals surface area contributed by atoms with Gasteiger partial charge in [0.25, 0.3) is 16.0 Å². The zero-order valence-electron chi connectivity index (χ0n) is 31.3. The number of phenolic OH excluding ortho intramolecular Hbond substituents is 1. The van der Waals surface area contributed by atoms with Gasteiger partial charge in [0.15, 0.2) is 21.7 Å². The van der Waals surface area contributed by atoms with Gasteiger partial charge < -0.3 is 26.4 Å². The van der Waals surface area contributed by atoms with Gasteiger partial charge in [-0.05, 0) is 95.8 Å². The lowest BCUT2D eigenvalue weighted by atomic mass is 10.1. The first kappa shape index (κ1) is 50.4. The number of nitrogens with two attached hydrogens (primary N) is 1. The number of sulfone groups is 1. The summed E-state index contributed by atoms with van der Waals surface area (Å²) in [5.41, 5.74) is 5.50. The number of aromatic hydroxyl groups is 1. The summed E-state index contributed by atoms with van der Waals surface area (Å²) in [4.78, 5) is 16.5. The third-order valence-electron chi connectivity index (χ3n) is 7.49. The Balaban J connectivity index is 0.00000992. The average Bonchev–Trinajstić information content (AvgIpc) is 3.18. The van der Waals surface area contributed by atoms with Gasteiger partial charge in [-0.3, -0.25) is 18.8 Å². The zero-order chi connectivity index (χ0) is 43.9. The molecule has 0 radical (unpaired) electrons. The zero-order valence-corrected chi connectivity index (χ0v) is 35.4. The number of fused-ring (bicyclic) bond motifs is 1. The van der Waals surface area contributed by atoms with Crippen LogP contribution in [0.2, 0.25) is 0 Å². The van der Waals surface area contributed by atoms with Crippen molar-refractivity contribution < 1.29 is 78.3 Å². The van der Waals surface area contributed by atoms with Crippen LogP contribution in [0.3, 0.4) is 0 Å². The van der Waals surface area contributed by atoms with E-state index in [4.69, 9.17) is 20.3 Å². The highest BCUT2D eigenvalue weighted by molar-refractivity contribution is 8.04. The minimum absolute atomic E-state index is 0. The number of hydrogen-bond donors (Lipinski definition) is 6. The number of ether oxygens (including phenoxy) is 1. The summed E-state index contributed by atoms with van der Waals surface area (Å²) in [5.74, 6) is -1.84. The molecule has 0 saturated heterocycles. The molecule has 4 aromatic carbocycles. The maximum atomic E-state index is 12.8. The molecule has 0 aliphatic rings. The number of phenols is 1. The molecule has 330 valence electrons. The van der Waals surface area contributed by atoms with Crippen LogP contribution in [0.5, 0.6) is 5.75 Å². The number of carbonyl (C=O) groups excluding carboxylic acids is 1. The van der Waals surface area contributed by atoms with Gasteiger partial charge in [-0.25, -0.2) is 13.7 Å². The number of amides is 1. The van der Waals surface area contributed by atoms with Gasteiger partial charge in [0.05, 0.1) is 50.9 Å². The molecule has 0 aliphatic heterocycles. The van der Waals surface area contributed by atoms with Gasteiger partial charge in [-0.1, -0.05) is 11.1 Å². The molecular weight excluding hydrogens is 913 g/mol. The van der Waals surface area contributed by atoms with Crippen molar-refractivity contribution in [2.24, 2.45) is 20.5 Å². The maximum Gasteiger partial charge on any atom is 0.433 e. The summed E-state index contributed by atoms with van der Waals surface area (Å²) in [6.07, 6.45) is 2.90. The molecule has 0 bridgehead atoms. The molecule has 0 unspecified atom stereocenters. The van der Waals surface area contributed by atoms with Crippen LogP contribution in [0.25, 0.3) is 10.8 Å². The van der Waals surface area contributed by atoms with Crippen molar-refractivity contribution in [1.82, 2.24) is 5.32 Å². The molecule has 0 heterocycles. The van der Waals surface area contributed by atoms with E-state index >= 15 is 0 Å². The van der Waals surface area contributed by atoms with Crippen LogP contribution in [0.1, 0.15) is 30.1 Å². The van der Waals surface area contributed by atoms with Crippen LogP contribution in [-0.4, -0.2) is 87.4 Å². The van der Waals surface area contributed by atoms with E-state index in [0.717, 1.165) is 17.8 Å². The summed E-state index contributed by atoms with van der Waals surface area (Å²) >= 11 is 1.26. The molecule has 1 amide bonds. The number of unbranched alkanes of at least 4 members (excludes halogenated alkanes) is 1. The van der Waals surface area contributed by atoms with Crippen LogP contribution in [0.4, 0.5) is 28.4 Å². The SMILES string of the molecule is CCOCCCCS(=O)(=O)CCNC(=O)c1cccc(N=Nc2c(S(=O)(=O)O)cc3cc(SOOO)c(N=Nc4ccc(SC#COOS(=O)(=O)O)cc4)c(N)c3c2O)c1.O. The lowest BCUT2D eigenvalue weighted by Crippen LogP contribution is -2.29. The molecule has 4 rings (SSSR count). The minimum atomic E-state index is -5.10. The quantitative estimate of drug-likeness (QED) is 0.00688. The van der Waals surface area contributed by atoms with Gasteiger partial charge in [0.2, 0.25) is 0 Å². The standard InChI is InChI=1S/C33H34N6O16S5.H2O/c1-2-51-13-3-4-16-58(43,44)17-12-35-33(41)21-6-5-7-24(18-21)37-39-31-27(59(45,46)47)20-22-19-26(57-54-53-42)30(29(34)28(22)32(31)40)38-36-23-8-10-25(11-9-23)56-15-14-52-55-60(48,49)50;/h5-11,18-20,40,42H,2-4,12-13,16-17,34H2,1H3,(H,35,41)(H,45,46,47)(H,48,49,50);1H2. The van der Waals surface area contributed by atoms with Crippen molar-refractivity contribution >= 4 is 99.3 Å². The fourth-order valence-corrected chi connectivity index (χ4v) is 7.89. The van der Waals surface area contributed by atoms with E-state index in [-0.39, 0.29) is 67.5 Å². The summed E-state index contributed by atoms with van der Waals surface area (Å²) in [5, 5.41) is 44.6. The number of hydrogen-bond acceptors (Lipinski definition) is 21. The van der Waals surface area contributed by atoms with Crippen LogP contribution >= 0.6 is 23.8 Å². The Labute approximate surface area is 356 Å². The fraction of sp³-hybridized carbons (Fsp3) is 0.242. The molecular formula is C33H36N6O17S5. The number of anilines is 1. The summed E-state index contributed by atoms with van der Waals surface area (Å²) < 4.78 is 103. The number of nitrogens with zero attached hydrogens (tertiary/aromatic N) is 4. The first-order valence-corrected chi connectivity index (χ1v) is 22.9. The molecule has 0 atom stereocenters. The van der Waals surface area contributed by atoms with E-state index in [0.29, 0.717) is 43.0 Å². The van der Waals surface area contributed by atoms with E-state index in [1.807, 2.05) is 13.0 Å². The highest BCUT2D eigenvalue weighted by atomic mass is 32.3. The Hall–Kier alpha value is -5.00. The monoisotopic (exact) mass is 948 g/mol. The van der Waals surface area contributed by atoms with Crippen molar-refractivity contribution in [3.8, 4) is 17.1 Å². The summed E-state index contributed by atoms with van der Waals surface area (Å²) in [6.45, 7) is 2.67. The van der Waals surface area contributed by atoms with Gasteiger partial charge in [-0.15, -0.1) is 14.6 Å². The highest BCUT2D eigenvalue weighted by Gasteiger charge is 2.26. The number of nitrogen functional groups attached to an aromatic ring is 1. The lowest BCUT2D eigenvalue weighted by Gasteiger charge is -2.14. The van der Waals surface area contributed by atoms with Crippen molar-refractivity contribution in [2.45, 2.75) is 34.5 Å². The van der Waals surface area contributed by atoms with E-state index in [1.54, 1.807) is 12.1 Å². The molecule has 28 heteroatoms. The average molecular weight is 949 g/mol. The smallest absolute Gasteiger partial charge is 0.433 e. The molecule has 0 aliphatic carbocycles. The summed E-state index contributed by atoms with van der Waals surface area (Å²) in [7, 11) is -13.4. The van der Waals surface area contributed by atoms with Gasteiger partial charge in [-0.2, -0.15) is 27.1 Å². The van der Waals surface area contributed by atoms with E-state index in [9.17, 15) is 39.7 Å². The van der Waals surface area contributed by atoms with Crippen LogP contribution < -0.4 is 11.1 Å². The van der Waals surface area contributed by atoms with Crippen molar-refractivity contribution in [1.29, 1.82) is 0 Å². The second kappa shape index (κ2) is 23.3. The van der Waals surface area contributed by atoms with Crippen LogP contribution in [0.15, 0.2) is 95.8 Å². The number of thioether (sulfide) groups is 1. The molecule has 0 fully saturated rings. The molecule has 4 aromatic rings. The van der Waals surface area contributed by atoms with Crippen molar-refractivity contribution in [3.63, 3.8) is 0 Å². The Morgan fingerprint density at radius 1 is 0.902 bits per heavy atom. The molecule has 0 aromatic heterocycles. The largest absolute Gasteiger partial charge is 0.505 e. The highest BCUT2D eigenvalue weighted by Crippen LogP contribution is 2.49. The number of carbonyl (C=O) groups is 1. The molecule has 23 nitrogen and oxygen atoms in total. The Bertz CT molecular complexity index is 2640. The minimum Gasteiger partial charge on any atom is -0.505 e. The third-order valence-corrected chi connectivity index (χ3v) is 11.6. The van der Waals surface area contributed by atoms with Gasteiger partial charge in [0, 0.05) is 35.5 Å². The molecule has 0 spiro atoms. The van der Waals surface area contributed by atoms with Crippen LogP contribution in [0, 0.1) is 11.4 Å². The van der Waals surface area contributed by atoms with Gasteiger partial charge >= 0.3 is 10.4 Å². The second-order valence-corrected chi connectivity index (χ2v) is 18.0. The normalized spacial score (nSPS) is 12.0. The predicted octanol–water partition coefficient (Wildman–Crippen LogP) is 5.53. The van der Waals surface area contributed by atoms with Crippen molar-refractivity contribution in [2.75, 3.05) is 37.0 Å². The third kappa shape index (κ3) is 15.8. The Kier molecular flexibility index (Phi) is 19.2. The molecule has 0 saturated carbocycles.